The van der Waals surface area contributed by atoms with Gasteiger partial charge < -0.3 is 10.3 Å². The lowest BCUT2D eigenvalue weighted by atomic mass is 10.0. The van der Waals surface area contributed by atoms with E-state index in [0.717, 1.165) is 54.3 Å². The standard InChI is InChI=1S/C23H27N5O/c1-16-9-11-17(12-10-16)21-22(18-7-3-5-13-24-18)27-20(26-21)15-25-23(29)19-8-4-6-14-28(19)2/h3,5,7,9-13,19H,4,6,8,14-15H2,1-2H3,(H,25,29)(H,26,27)/t19-/m1/s1. The molecule has 1 aromatic carbocycles. The zero-order valence-corrected chi connectivity index (χ0v) is 17.0. The number of likely N-dealkylation sites (tertiary alicyclic amines) is 1. The number of benzene rings is 1. The number of nitrogens with one attached hydrogen (secondary N) is 2. The van der Waals surface area contributed by atoms with E-state index in [1.165, 1.54) is 5.56 Å². The van der Waals surface area contributed by atoms with E-state index in [0.29, 0.717) is 6.54 Å². The number of rotatable bonds is 5. The quantitative estimate of drug-likeness (QED) is 0.700. The van der Waals surface area contributed by atoms with E-state index in [1.54, 1.807) is 6.20 Å². The van der Waals surface area contributed by atoms with E-state index in [1.807, 2.05) is 25.2 Å². The SMILES string of the molecule is Cc1ccc(-c2nc(CNC(=O)[C@H]3CCCCN3C)[nH]c2-c2ccccn2)cc1. The number of carbonyl (C=O) groups excluding carboxylic acids is 1. The van der Waals surface area contributed by atoms with Crippen molar-refractivity contribution in [1.82, 2.24) is 25.2 Å². The summed E-state index contributed by atoms with van der Waals surface area (Å²) >= 11 is 0. The number of pyridine rings is 1. The molecule has 1 atom stereocenters. The summed E-state index contributed by atoms with van der Waals surface area (Å²) < 4.78 is 0. The van der Waals surface area contributed by atoms with Crippen LogP contribution in [0.3, 0.4) is 0 Å². The largest absolute Gasteiger partial charge is 0.348 e. The highest BCUT2D eigenvalue weighted by molar-refractivity contribution is 5.82. The summed E-state index contributed by atoms with van der Waals surface area (Å²) in [4.78, 5) is 27.4. The maximum absolute atomic E-state index is 12.6. The van der Waals surface area contributed by atoms with E-state index in [4.69, 9.17) is 4.98 Å². The van der Waals surface area contributed by atoms with E-state index >= 15 is 0 Å². The second-order valence-corrected chi connectivity index (χ2v) is 7.70. The summed E-state index contributed by atoms with van der Waals surface area (Å²) in [6.45, 7) is 3.41. The zero-order chi connectivity index (χ0) is 20.2. The van der Waals surface area contributed by atoms with Gasteiger partial charge in [-0.05, 0) is 45.5 Å². The van der Waals surface area contributed by atoms with Crippen LogP contribution in [-0.2, 0) is 11.3 Å². The normalized spacial score (nSPS) is 17.2. The average Bonchev–Trinajstić information content (AvgIpc) is 3.18. The Morgan fingerprint density at radius 2 is 2.03 bits per heavy atom. The van der Waals surface area contributed by atoms with Crippen molar-refractivity contribution in [1.29, 1.82) is 0 Å². The number of likely N-dealkylation sites (N-methyl/N-ethyl adjacent to an activating group) is 1. The van der Waals surface area contributed by atoms with Gasteiger partial charge in [-0.3, -0.25) is 14.7 Å². The minimum Gasteiger partial charge on any atom is -0.348 e. The third-order valence-electron chi connectivity index (χ3n) is 5.50. The number of imidazole rings is 1. The first-order valence-corrected chi connectivity index (χ1v) is 10.2. The summed E-state index contributed by atoms with van der Waals surface area (Å²) in [7, 11) is 2.02. The van der Waals surface area contributed by atoms with Crippen LogP contribution in [0.25, 0.3) is 22.6 Å². The van der Waals surface area contributed by atoms with Crippen molar-refractivity contribution in [3.05, 3.63) is 60.0 Å². The fourth-order valence-electron chi connectivity index (χ4n) is 3.82. The molecule has 0 unspecified atom stereocenters. The van der Waals surface area contributed by atoms with Crippen LogP contribution in [0, 0.1) is 6.92 Å². The molecule has 1 aliphatic rings. The number of aromatic nitrogens is 3. The van der Waals surface area contributed by atoms with Crippen molar-refractivity contribution in [3.8, 4) is 22.6 Å². The fraction of sp³-hybridized carbons (Fsp3) is 0.348. The molecule has 0 radical (unpaired) electrons. The summed E-state index contributed by atoms with van der Waals surface area (Å²) in [5, 5.41) is 3.06. The first kappa shape index (κ1) is 19.3. The topological polar surface area (TPSA) is 73.9 Å². The van der Waals surface area contributed by atoms with Gasteiger partial charge in [0.25, 0.3) is 0 Å². The Hall–Kier alpha value is -2.99. The molecule has 0 saturated carbocycles. The highest BCUT2D eigenvalue weighted by Gasteiger charge is 2.26. The summed E-state index contributed by atoms with van der Waals surface area (Å²) in [6.07, 6.45) is 4.94. The molecular formula is C23H27N5O. The van der Waals surface area contributed by atoms with Gasteiger partial charge in [0, 0.05) is 11.8 Å². The molecule has 1 aliphatic heterocycles. The number of hydrogen-bond acceptors (Lipinski definition) is 4. The number of aromatic amines is 1. The molecule has 150 valence electrons. The second kappa shape index (κ2) is 8.57. The second-order valence-electron chi connectivity index (χ2n) is 7.70. The molecule has 0 spiro atoms. The highest BCUT2D eigenvalue weighted by atomic mass is 16.2. The van der Waals surface area contributed by atoms with Crippen LogP contribution in [0.4, 0.5) is 0 Å². The third-order valence-corrected chi connectivity index (χ3v) is 5.50. The van der Waals surface area contributed by atoms with Crippen LogP contribution in [-0.4, -0.2) is 45.4 Å². The van der Waals surface area contributed by atoms with Crippen LogP contribution >= 0.6 is 0 Å². The first-order valence-electron chi connectivity index (χ1n) is 10.2. The maximum atomic E-state index is 12.6. The van der Waals surface area contributed by atoms with Crippen molar-refractivity contribution in [2.24, 2.45) is 0 Å². The lowest BCUT2D eigenvalue weighted by molar-refractivity contribution is -0.127. The molecule has 1 saturated heterocycles. The van der Waals surface area contributed by atoms with Crippen molar-refractivity contribution in [2.45, 2.75) is 38.8 Å². The van der Waals surface area contributed by atoms with E-state index in [9.17, 15) is 4.79 Å². The molecule has 3 aromatic rings. The predicted octanol–water partition coefficient (Wildman–Crippen LogP) is 3.55. The van der Waals surface area contributed by atoms with Gasteiger partial charge in [0.1, 0.15) is 5.82 Å². The molecule has 0 bridgehead atoms. The minimum absolute atomic E-state index is 0.0504. The van der Waals surface area contributed by atoms with Crippen LogP contribution in [0.1, 0.15) is 30.7 Å². The molecular weight excluding hydrogens is 362 g/mol. The predicted molar refractivity (Wildman–Crippen MR) is 114 cm³/mol. The van der Waals surface area contributed by atoms with Gasteiger partial charge in [-0.25, -0.2) is 4.98 Å². The Morgan fingerprint density at radius 3 is 2.76 bits per heavy atom. The van der Waals surface area contributed by atoms with Gasteiger partial charge in [0.05, 0.1) is 29.7 Å². The van der Waals surface area contributed by atoms with Crippen molar-refractivity contribution < 1.29 is 4.79 Å². The fourth-order valence-corrected chi connectivity index (χ4v) is 3.82. The Bertz CT molecular complexity index is 965. The molecule has 6 heteroatoms. The summed E-state index contributed by atoms with van der Waals surface area (Å²) in [5.41, 5.74) is 4.78. The molecule has 1 amide bonds. The van der Waals surface area contributed by atoms with Crippen molar-refractivity contribution in [3.63, 3.8) is 0 Å². The average molecular weight is 390 g/mol. The number of nitrogens with zero attached hydrogens (tertiary/aromatic N) is 3. The molecule has 2 aromatic heterocycles. The molecule has 3 heterocycles. The number of aryl methyl sites for hydroxylation is 1. The zero-order valence-electron chi connectivity index (χ0n) is 17.0. The van der Waals surface area contributed by atoms with Crippen LogP contribution in [0.2, 0.25) is 0 Å². The van der Waals surface area contributed by atoms with Gasteiger partial charge in [-0.2, -0.15) is 0 Å². The van der Waals surface area contributed by atoms with Gasteiger partial charge in [0.2, 0.25) is 5.91 Å². The molecule has 29 heavy (non-hydrogen) atoms. The van der Waals surface area contributed by atoms with Crippen molar-refractivity contribution in [2.75, 3.05) is 13.6 Å². The Labute approximate surface area is 171 Å². The van der Waals surface area contributed by atoms with Crippen LogP contribution in [0.5, 0.6) is 0 Å². The summed E-state index contributed by atoms with van der Waals surface area (Å²) in [6, 6.07) is 14.1. The Balaban J connectivity index is 1.58. The Kier molecular flexibility index (Phi) is 5.71. The molecule has 1 fully saturated rings. The van der Waals surface area contributed by atoms with Crippen LogP contribution < -0.4 is 5.32 Å². The smallest absolute Gasteiger partial charge is 0.237 e. The molecule has 2 N–H and O–H groups in total. The highest BCUT2D eigenvalue weighted by Crippen LogP contribution is 2.29. The molecule has 6 nitrogen and oxygen atoms in total. The van der Waals surface area contributed by atoms with Gasteiger partial charge >= 0.3 is 0 Å². The van der Waals surface area contributed by atoms with Gasteiger partial charge in [-0.15, -0.1) is 0 Å². The number of piperidine rings is 1. The van der Waals surface area contributed by atoms with E-state index in [-0.39, 0.29) is 11.9 Å². The number of carbonyl (C=O) groups is 1. The van der Waals surface area contributed by atoms with Gasteiger partial charge in [0.15, 0.2) is 0 Å². The van der Waals surface area contributed by atoms with E-state index in [2.05, 4.69) is 51.4 Å². The lowest BCUT2D eigenvalue weighted by Crippen LogP contribution is -2.47. The third kappa shape index (κ3) is 4.38. The maximum Gasteiger partial charge on any atom is 0.237 e. The first-order chi connectivity index (χ1) is 14.1. The lowest BCUT2D eigenvalue weighted by Gasteiger charge is -2.31. The monoisotopic (exact) mass is 389 g/mol. The van der Waals surface area contributed by atoms with Crippen LogP contribution in [0.15, 0.2) is 48.7 Å². The Morgan fingerprint density at radius 1 is 1.21 bits per heavy atom. The number of H-pyrrole nitrogens is 1. The molecule has 4 rings (SSSR count). The van der Waals surface area contributed by atoms with Crippen molar-refractivity contribution >= 4 is 5.91 Å². The minimum atomic E-state index is -0.0504. The van der Waals surface area contributed by atoms with Gasteiger partial charge in [-0.1, -0.05) is 42.3 Å². The van der Waals surface area contributed by atoms with E-state index < -0.39 is 0 Å². The molecule has 0 aliphatic carbocycles. The number of amides is 1. The summed E-state index contributed by atoms with van der Waals surface area (Å²) in [5.74, 6) is 0.799. The number of hydrogen-bond donors (Lipinski definition) is 2.